The van der Waals surface area contributed by atoms with Gasteiger partial charge >= 0.3 is 0 Å². The van der Waals surface area contributed by atoms with Crippen LogP contribution in [-0.4, -0.2) is 34.3 Å². The maximum atomic E-state index is 6.02. The number of halogens is 1. The molecule has 0 saturated carbocycles. The van der Waals surface area contributed by atoms with Crippen LogP contribution < -0.4 is 20.4 Å². The molecule has 4 aromatic rings. The average molecular weight is 500 g/mol. The van der Waals surface area contributed by atoms with Crippen LogP contribution in [0.5, 0.6) is 5.75 Å². The van der Waals surface area contributed by atoms with Crippen LogP contribution in [-0.2, 0) is 6.61 Å². The number of anilines is 4. The first-order valence-corrected chi connectivity index (χ1v) is 12.2. The van der Waals surface area contributed by atoms with Gasteiger partial charge in [-0.3, -0.25) is 0 Å². The van der Waals surface area contributed by atoms with Crippen molar-refractivity contribution in [2.75, 3.05) is 28.7 Å². The van der Waals surface area contributed by atoms with Crippen molar-refractivity contribution in [3.05, 3.63) is 95.0 Å². The number of hydrazone groups is 1. The third-order valence-electron chi connectivity index (χ3n) is 5.64. The van der Waals surface area contributed by atoms with E-state index in [-0.39, 0.29) is 0 Å². The Morgan fingerprint density at radius 2 is 1.58 bits per heavy atom. The van der Waals surface area contributed by atoms with Crippen molar-refractivity contribution in [1.29, 1.82) is 0 Å². The standard InChI is InChI=1S/C27H26ClN7O/c28-22-14-12-20(13-15-22)19-36-24-11-5-4-8-21(24)18-29-34-26-31-25(30-23-9-2-1-3-10-23)32-27(33-26)35-16-6-7-17-35/h1-5,8-15,18H,6-7,16-17,19H2,(H2,30,31,32,33,34)/b29-18-. The van der Waals surface area contributed by atoms with Crippen LogP contribution in [0.2, 0.25) is 5.02 Å². The van der Waals surface area contributed by atoms with Gasteiger partial charge < -0.3 is 15.0 Å². The fraction of sp³-hybridized carbons (Fsp3) is 0.185. The molecule has 1 saturated heterocycles. The highest BCUT2D eigenvalue weighted by Gasteiger charge is 2.17. The van der Waals surface area contributed by atoms with E-state index in [1.165, 1.54) is 0 Å². The second-order valence-electron chi connectivity index (χ2n) is 8.29. The molecule has 5 rings (SSSR count). The molecule has 1 aliphatic heterocycles. The lowest BCUT2D eigenvalue weighted by Crippen LogP contribution is -2.21. The lowest BCUT2D eigenvalue weighted by atomic mass is 10.2. The van der Waals surface area contributed by atoms with Crippen molar-refractivity contribution in [1.82, 2.24) is 15.0 Å². The SMILES string of the molecule is Clc1ccc(COc2ccccc2/C=N\Nc2nc(Nc3ccccc3)nc(N3CCCC3)n2)cc1. The molecule has 2 heterocycles. The number of ether oxygens (including phenoxy) is 1. The summed E-state index contributed by atoms with van der Waals surface area (Å²) in [7, 11) is 0. The molecule has 3 aromatic carbocycles. The lowest BCUT2D eigenvalue weighted by molar-refractivity contribution is 0.306. The van der Waals surface area contributed by atoms with E-state index in [9.17, 15) is 0 Å². The van der Waals surface area contributed by atoms with E-state index in [1.807, 2.05) is 78.9 Å². The van der Waals surface area contributed by atoms with Gasteiger partial charge in [0, 0.05) is 29.4 Å². The first kappa shape index (κ1) is 23.6. The number of benzene rings is 3. The molecule has 182 valence electrons. The Bertz CT molecular complexity index is 1310. The normalized spacial score (nSPS) is 13.2. The molecule has 0 amide bonds. The van der Waals surface area contributed by atoms with E-state index >= 15 is 0 Å². The van der Waals surface area contributed by atoms with Crippen LogP contribution in [0.3, 0.4) is 0 Å². The maximum Gasteiger partial charge on any atom is 0.250 e. The molecule has 0 spiro atoms. The minimum Gasteiger partial charge on any atom is -0.488 e. The summed E-state index contributed by atoms with van der Waals surface area (Å²) in [5, 5.41) is 8.34. The van der Waals surface area contributed by atoms with Gasteiger partial charge in [-0.2, -0.15) is 20.1 Å². The van der Waals surface area contributed by atoms with Gasteiger partial charge in [0.15, 0.2) is 0 Å². The monoisotopic (exact) mass is 499 g/mol. The summed E-state index contributed by atoms with van der Waals surface area (Å²) in [6, 6.07) is 25.1. The number of para-hydroxylation sites is 2. The van der Waals surface area contributed by atoms with Gasteiger partial charge in [-0.15, -0.1) is 0 Å². The number of nitrogens with zero attached hydrogens (tertiary/aromatic N) is 5. The zero-order valence-electron chi connectivity index (χ0n) is 19.6. The van der Waals surface area contributed by atoms with E-state index in [2.05, 4.69) is 35.7 Å². The molecule has 1 fully saturated rings. The first-order chi connectivity index (χ1) is 17.7. The van der Waals surface area contributed by atoms with Crippen molar-refractivity contribution < 1.29 is 4.74 Å². The quantitative estimate of drug-likeness (QED) is 0.219. The molecule has 36 heavy (non-hydrogen) atoms. The minimum absolute atomic E-state index is 0.362. The van der Waals surface area contributed by atoms with Crippen LogP contribution >= 0.6 is 11.6 Å². The highest BCUT2D eigenvalue weighted by molar-refractivity contribution is 6.30. The van der Waals surface area contributed by atoms with Crippen LogP contribution in [0.15, 0.2) is 84.0 Å². The van der Waals surface area contributed by atoms with Crippen LogP contribution in [0, 0.1) is 0 Å². The predicted molar refractivity (Wildman–Crippen MR) is 144 cm³/mol. The van der Waals surface area contributed by atoms with Gasteiger partial charge in [-0.25, -0.2) is 5.43 Å². The van der Waals surface area contributed by atoms with Gasteiger partial charge in [0.05, 0.1) is 6.21 Å². The van der Waals surface area contributed by atoms with Crippen LogP contribution in [0.25, 0.3) is 0 Å². The van der Waals surface area contributed by atoms with Gasteiger partial charge in [0.25, 0.3) is 0 Å². The van der Waals surface area contributed by atoms with E-state index in [1.54, 1.807) is 6.21 Å². The lowest BCUT2D eigenvalue weighted by Gasteiger charge is -2.16. The largest absolute Gasteiger partial charge is 0.488 e. The average Bonchev–Trinajstić information content (AvgIpc) is 3.45. The fourth-order valence-electron chi connectivity index (χ4n) is 3.80. The maximum absolute atomic E-state index is 6.02. The smallest absolute Gasteiger partial charge is 0.250 e. The molecule has 0 bridgehead atoms. The number of aromatic nitrogens is 3. The van der Waals surface area contributed by atoms with E-state index in [0.717, 1.165) is 48.5 Å². The Morgan fingerprint density at radius 1 is 0.861 bits per heavy atom. The summed E-state index contributed by atoms with van der Waals surface area (Å²) in [5.74, 6) is 2.17. The summed E-state index contributed by atoms with van der Waals surface area (Å²) in [4.78, 5) is 15.9. The van der Waals surface area contributed by atoms with Crippen molar-refractivity contribution in [3.8, 4) is 5.75 Å². The summed E-state index contributed by atoms with van der Waals surface area (Å²) >= 11 is 5.97. The Morgan fingerprint density at radius 3 is 2.39 bits per heavy atom. The molecule has 9 heteroatoms. The van der Waals surface area contributed by atoms with Crippen molar-refractivity contribution in [2.24, 2.45) is 5.10 Å². The predicted octanol–water partition coefficient (Wildman–Crippen LogP) is 5.89. The topological polar surface area (TPSA) is 87.6 Å². The second-order valence-corrected chi connectivity index (χ2v) is 8.73. The highest BCUT2D eigenvalue weighted by Crippen LogP contribution is 2.22. The van der Waals surface area contributed by atoms with Gasteiger partial charge in [-0.05, 0) is 54.8 Å². The molecule has 8 nitrogen and oxygen atoms in total. The molecule has 1 aliphatic rings. The zero-order chi connectivity index (χ0) is 24.6. The first-order valence-electron chi connectivity index (χ1n) is 11.8. The molecule has 0 unspecified atom stereocenters. The Kier molecular flexibility index (Phi) is 7.53. The Labute approximate surface area is 215 Å². The molecule has 2 N–H and O–H groups in total. The number of hydrogen-bond donors (Lipinski definition) is 2. The van der Waals surface area contributed by atoms with E-state index in [0.29, 0.717) is 29.5 Å². The van der Waals surface area contributed by atoms with Crippen molar-refractivity contribution in [3.63, 3.8) is 0 Å². The van der Waals surface area contributed by atoms with E-state index < -0.39 is 0 Å². The van der Waals surface area contributed by atoms with Crippen molar-refractivity contribution in [2.45, 2.75) is 19.4 Å². The van der Waals surface area contributed by atoms with Crippen molar-refractivity contribution >= 4 is 41.3 Å². The molecule has 0 radical (unpaired) electrons. The van der Waals surface area contributed by atoms with E-state index in [4.69, 9.17) is 16.3 Å². The third-order valence-corrected chi connectivity index (χ3v) is 5.89. The minimum atomic E-state index is 0.362. The number of hydrogen-bond acceptors (Lipinski definition) is 8. The van der Waals surface area contributed by atoms with Gasteiger partial charge in [-0.1, -0.05) is 54.1 Å². The molecule has 0 aliphatic carbocycles. The summed E-state index contributed by atoms with van der Waals surface area (Å²) in [6.45, 7) is 2.28. The second kappa shape index (κ2) is 11.5. The Hall–Kier alpha value is -4.17. The molecular weight excluding hydrogens is 474 g/mol. The highest BCUT2D eigenvalue weighted by atomic mass is 35.5. The summed E-state index contributed by atoms with van der Waals surface area (Å²) in [5.41, 5.74) is 5.72. The molecular formula is C27H26ClN7O. The van der Waals surface area contributed by atoms with Gasteiger partial charge in [0.2, 0.25) is 17.8 Å². The van der Waals surface area contributed by atoms with Crippen LogP contribution in [0.1, 0.15) is 24.0 Å². The Balaban J connectivity index is 1.31. The summed E-state index contributed by atoms with van der Waals surface area (Å²) in [6.07, 6.45) is 3.95. The molecule has 1 aromatic heterocycles. The number of nitrogens with one attached hydrogen (secondary N) is 2. The number of rotatable bonds is 9. The fourth-order valence-corrected chi connectivity index (χ4v) is 3.93. The zero-order valence-corrected chi connectivity index (χ0v) is 20.4. The molecule has 0 atom stereocenters. The van der Waals surface area contributed by atoms with Gasteiger partial charge in [0.1, 0.15) is 12.4 Å². The third kappa shape index (κ3) is 6.28. The summed E-state index contributed by atoms with van der Waals surface area (Å²) < 4.78 is 6.02. The van der Waals surface area contributed by atoms with Crippen LogP contribution in [0.4, 0.5) is 23.5 Å².